The van der Waals surface area contributed by atoms with Gasteiger partial charge in [0, 0.05) is 48.8 Å². The van der Waals surface area contributed by atoms with Gasteiger partial charge in [-0.25, -0.2) is 8.42 Å². The number of hydrogen-bond acceptors (Lipinski definition) is 6. The maximum Gasteiger partial charge on any atom is 0.229 e. The normalized spacial score (nSPS) is 17.5. The van der Waals surface area contributed by atoms with E-state index in [9.17, 15) is 8.42 Å². The molecule has 37 heavy (non-hydrogen) atoms. The van der Waals surface area contributed by atoms with Crippen LogP contribution in [0.5, 0.6) is 5.75 Å². The zero-order chi connectivity index (χ0) is 26.0. The van der Waals surface area contributed by atoms with Gasteiger partial charge in [-0.3, -0.25) is 14.7 Å². The van der Waals surface area contributed by atoms with Crippen molar-refractivity contribution in [1.82, 2.24) is 19.9 Å². The second-order valence-electron chi connectivity index (χ2n) is 8.68. The average molecular weight is 535 g/mol. The lowest BCUT2D eigenvalue weighted by atomic mass is 10.0. The standard InChI is InChI=1S/C26H26N6O3S2/c1-35-23-15-19(10-11-20(23)30-37(2,33)34)32-25(24(29-26(32)36)21-8-3-4-13-28-21)22-9-6-14-31(22)17-18-7-5-12-27-16-18/h3-16,24-25,30H,17H2,1-2H3,(H,29,36)/t24-,25-/m0/s1. The first kappa shape index (κ1) is 24.7. The van der Waals surface area contributed by atoms with Gasteiger partial charge in [0.25, 0.3) is 0 Å². The lowest BCUT2D eigenvalue weighted by molar-refractivity contribution is 0.417. The fourth-order valence-corrected chi connectivity index (χ4v) is 5.49. The highest BCUT2D eigenvalue weighted by Gasteiger charge is 2.42. The summed E-state index contributed by atoms with van der Waals surface area (Å²) in [4.78, 5) is 10.9. The summed E-state index contributed by atoms with van der Waals surface area (Å²) >= 11 is 5.84. The van der Waals surface area contributed by atoms with Crippen molar-refractivity contribution in [3.8, 4) is 5.75 Å². The van der Waals surface area contributed by atoms with E-state index in [1.807, 2.05) is 59.8 Å². The van der Waals surface area contributed by atoms with Crippen LogP contribution in [0.2, 0.25) is 0 Å². The fraction of sp³-hybridized carbons (Fsp3) is 0.192. The third-order valence-electron chi connectivity index (χ3n) is 6.10. The molecule has 0 saturated carbocycles. The number of sulfonamides is 1. The molecule has 0 radical (unpaired) electrons. The van der Waals surface area contributed by atoms with Gasteiger partial charge in [-0.15, -0.1) is 0 Å². The Morgan fingerprint density at radius 3 is 2.68 bits per heavy atom. The first-order valence-electron chi connectivity index (χ1n) is 11.5. The molecule has 1 aromatic carbocycles. The minimum absolute atomic E-state index is 0.226. The highest BCUT2D eigenvalue weighted by molar-refractivity contribution is 7.92. The topological polar surface area (TPSA) is 101 Å². The number of hydrogen-bond donors (Lipinski definition) is 2. The van der Waals surface area contributed by atoms with Crippen LogP contribution in [0.25, 0.3) is 0 Å². The molecule has 0 unspecified atom stereocenters. The molecule has 11 heteroatoms. The SMILES string of the molecule is COc1cc(N2C(=S)N[C@@H](c3ccccn3)[C@@H]2c2cccn2Cc2cccnc2)ccc1NS(C)(=O)=O. The molecule has 0 spiro atoms. The van der Waals surface area contributed by atoms with Crippen molar-refractivity contribution in [2.24, 2.45) is 0 Å². The highest BCUT2D eigenvalue weighted by atomic mass is 32.2. The van der Waals surface area contributed by atoms with Crippen LogP contribution in [-0.2, 0) is 16.6 Å². The molecular weight excluding hydrogens is 508 g/mol. The van der Waals surface area contributed by atoms with Gasteiger partial charge in [-0.05, 0) is 60.2 Å². The molecule has 1 fully saturated rings. The summed E-state index contributed by atoms with van der Waals surface area (Å²) in [7, 11) is -1.98. The zero-order valence-corrected chi connectivity index (χ0v) is 21.9. The van der Waals surface area contributed by atoms with Gasteiger partial charge in [0.05, 0.1) is 30.8 Å². The van der Waals surface area contributed by atoms with Gasteiger partial charge < -0.3 is 19.5 Å². The number of ether oxygens (including phenoxy) is 1. The predicted octanol–water partition coefficient (Wildman–Crippen LogP) is 3.88. The van der Waals surface area contributed by atoms with Gasteiger partial charge >= 0.3 is 0 Å². The van der Waals surface area contributed by atoms with Crippen molar-refractivity contribution in [3.05, 3.63) is 102 Å². The predicted molar refractivity (Wildman–Crippen MR) is 147 cm³/mol. The Hall–Kier alpha value is -3.96. The Morgan fingerprint density at radius 1 is 1.11 bits per heavy atom. The molecule has 3 aromatic heterocycles. The molecule has 4 aromatic rings. The second kappa shape index (κ2) is 10.2. The van der Waals surface area contributed by atoms with Gasteiger partial charge in [-0.1, -0.05) is 12.1 Å². The van der Waals surface area contributed by atoms with Crippen molar-refractivity contribution in [3.63, 3.8) is 0 Å². The van der Waals surface area contributed by atoms with Gasteiger partial charge in [0.15, 0.2) is 5.11 Å². The van der Waals surface area contributed by atoms with E-state index >= 15 is 0 Å². The highest BCUT2D eigenvalue weighted by Crippen LogP contribution is 2.43. The van der Waals surface area contributed by atoms with E-state index in [4.69, 9.17) is 17.0 Å². The van der Waals surface area contributed by atoms with Crippen LogP contribution in [-0.4, -0.2) is 41.4 Å². The summed E-state index contributed by atoms with van der Waals surface area (Å²) in [6.07, 6.45) is 8.52. The molecule has 190 valence electrons. The van der Waals surface area contributed by atoms with Crippen molar-refractivity contribution in [2.75, 3.05) is 23.0 Å². The van der Waals surface area contributed by atoms with Crippen LogP contribution < -0.4 is 19.7 Å². The summed E-state index contributed by atoms with van der Waals surface area (Å²) < 4.78 is 33.9. The molecule has 1 aliphatic heterocycles. The zero-order valence-electron chi connectivity index (χ0n) is 20.3. The van der Waals surface area contributed by atoms with Gasteiger partial charge in [-0.2, -0.15) is 0 Å². The van der Waals surface area contributed by atoms with E-state index in [0.717, 1.165) is 28.9 Å². The number of methoxy groups -OCH3 is 1. The maximum absolute atomic E-state index is 11.8. The number of nitrogens with zero attached hydrogens (tertiary/aromatic N) is 4. The van der Waals surface area contributed by atoms with Crippen LogP contribution in [0.3, 0.4) is 0 Å². The Labute approximate surface area is 221 Å². The molecule has 0 bridgehead atoms. The van der Waals surface area contributed by atoms with Crippen LogP contribution in [0.1, 0.15) is 29.0 Å². The summed E-state index contributed by atoms with van der Waals surface area (Å²) in [5, 5.41) is 3.98. The summed E-state index contributed by atoms with van der Waals surface area (Å²) in [6.45, 7) is 0.642. The van der Waals surface area contributed by atoms with Crippen molar-refractivity contribution < 1.29 is 13.2 Å². The average Bonchev–Trinajstić information content (AvgIpc) is 3.48. The first-order chi connectivity index (χ1) is 17.8. The van der Waals surface area contributed by atoms with E-state index in [2.05, 4.69) is 30.6 Å². The van der Waals surface area contributed by atoms with Gasteiger partial charge in [0.1, 0.15) is 11.8 Å². The van der Waals surface area contributed by atoms with Crippen LogP contribution in [0, 0.1) is 0 Å². The van der Waals surface area contributed by atoms with Crippen molar-refractivity contribution in [2.45, 2.75) is 18.6 Å². The largest absolute Gasteiger partial charge is 0.494 e. The molecular formula is C26H26N6O3S2. The molecule has 4 heterocycles. The Morgan fingerprint density at radius 2 is 1.97 bits per heavy atom. The minimum atomic E-state index is -3.48. The summed E-state index contributed by atoms with van der Waals surface area (Å²) in [6, 6.07) is 18.7. The second-order valence-corrected chi connectivity index (χ2v) is 10.8. The summed E-state index contributed by atoms with van der Waals surface area (Å²) in [5.74, 6) is 0.386. The lowest BCUT2D eigenvalue weighted by Gasteiger charge is -2.29. The number of anilines is 2. The van der Waals surface area contributed by atoms with Crippen LogP contribution >= 0.6 is 12.2 Å². The van der Waals surface area contributed by atoms with Crippen molar-refractivity contribution >= 4 is 38.7 Å². The molecule has 0 amide bonds. The summed E-state index contributed by atoms with van der Waals surface area (Å²) in [5.41, 5.74) is 4.07. The van der Waals surface area contributed by atoms with Crippen LogP contribution in [0.15, 0.2) is 85.5 Å². The first-order valence-corrected chi connectivity index (χ1v) is 13.8. The Bertz CT molecular complexity index is 1510. The molecule has 1 saturated heterocycles. The number of aromatic nitrogens is 3. The van der Waals surface area contributed by atoms with E-state index in [-0.39, 0.29) is 12.1 Å². The number of benzene rings is 1. The molecule has 1 aliphatic rings. The number of nitrogens with one attached hydrogen (secondary N) is 2. The van der Waals surface area contributed by atoms with Crippen molar-refractivity contribution in [1.29, 1.82) is 0 Å². The van der Waals surface area contributed by atoms with E-state index in [1.165, 1.54) is 7.11 Å². The van der Waals surface area contributed by atoms with E-state index in [1.54, 1.807) is 24.5 Å². The lowest BCUT2D eigenvalue weighted by Crippen LogP contribution is -2.30. The Balaban J connectivity index is 1.60. The monoisotopic (exact) mass is 534 g/mol. The molecule has 2 atom stereocenters. The van der Waals surface area contributed by atoms with Gasteiger partial charge in [0.2, 0.25) is 10.0 Å². The third-order valence-corrected chi connectivity index (χ3v) is 7.01. The molecule has 2 N–H and O–H groups in total. The molecule has 0 aliphatic carbocycles. The van der Waals surface area contributed by atoms with E-state index in [0.29, 0.717) is 23.1 Å². The number of pyridine rings is 2. The van der Waals surface area contributed by atoms with E-state index < -0.39 is 10.0 Å². The quantitative estimate of drug-likeness (QED) is 0.329. The minimum Gasteiger partial charge on any atom is -0.494 e. The molecule has 5 rings (SSSR count). The molecule has 9 nitrogen and oxygen atoms in total. The fourth-order valence-electron chi connectivity index (χ4n) is 4.58. The smallest absolute Gasteiger partial charge is 0.229 e. The van der Waals surface area contributed by atoms with Crippen LogP contribution in [0.4, 0.5) is 11.4 Å². The Kier molecular flexibility index (Phi) is 6.81. The maximum atomic E-state index is 11.8. The number of thiocarbonyl (C=S) groups is 1. The third kappa shape index (κ3) is 5.27. The number of rotatable bonds is 8.